The fraction of sp³-hybridized carbons (Fsp3) is 0.375. The van der Waals surface area contributed by atoms with Gasteiger partial charge in [0.2, 0.25) is 0 Å². The number of nitrogens with zero attached hydrogens (tertiary/aromatic N) is 1. The number of methoxy groups -OCH3 is 1. The van der Waals surface area contributed by atoms with Gasteiger partial charge < -0.3 is 20.3 Å². The van der Waals surface area contributed by atoms with Crippen molar-refractivity contribution >= 4 is 39.0 Å². The predicted molar refractivity (Wildman–Crippen MR) is 93.3 cm³/mol. The number of amides is 3. The molecule has 0 spiro atoms. The average molecular weight is 335 g/mol. The van der Waals surface area contributed by atoms with Gasteiger partial charge in [-0.25, -0.2) is 4.79 Å². The number of hydrogen-bond acceptors (Lipinski definition) is 4. The summed E-state index contributed by atoms with van der Waals surface area (Å²) in [5.74, 6) is -0.0214. The Morgan fingerprint density at radius 3 is 2.70 bits per heavy atom. The molecule has 0 saturated heterocycles. The van der Waals surface area contributed by atoms with Crippen molar-refractivity contribution in [1.29, 1.82) is 0 Å². The van der Waals surface area contributed by atoms with Crippen LogP contribution in [0.4, 0.5) is 10.5 Å². The van der Waals surface area contributed by atoms with E-state index in [-0.39, 0.29) is 18.0 Å². The Kier molecular flexibility index (Phi) is 5.57. The van der Waals surface area contributed by atoms with Gasteiger partial charge in [-0.2, -0.15) is 0 Å². The lowest BCUT2D eigenvalue weighted by Crippen LogP contribution is -2.38. The first kappa shape index (κ1) is 17.2. The van der Waals surface area contributed by atoms with Crippen LogP contribution in [-0.4, -0.2) is 50.7 Å². The van der Waals surface area contributed by atoms with Crippen molar-refractivity contribution in [2.75, 3.05) is 33.1 Å². The highest BCUT2D eigenvalue weighted by Crippen LogP contribution is 2.28. The topological polar surface area (TPSA) is 70.7 Å². The van der Waals surface area contributed by atoms with Crippen molar-refractivity contribution in [1.82, 2.24) is 10.2 Å². The molecule has 0 aliphatic heterocycles. The zero-order chi connectivity index (χ0) is 17.0. The minimum atomic E-state index is -0.284. The van der Waals surface area contributed by atoms with E-state index in [9.17, 15) is 9.59 Å². The van der Waals surface area contributed by atoms with Gasteiger partial charge in [0.15, 0.2) is 0 Å². The van der Waals surface area contributed by atoms with Gasteiger partial charge in [0.05, 0.1) is 17.5 Å². The summed E-state index contributed by atoms with van der Waals surface area (Å²) >= 11 is 1.44. The van der Waals surface area contributed by atoms with Gasteiger partial charge in [-0.1, -0.05) is 0 Å². The van der Waals surface area contributed by atoms with Crippen LogP contribution in [0, 0.1) is 0 Å². The third kappa shape index (κ3) is 4.43. The lowest BCUT2D eigenvalue weighted by atomic mass is 10.2. The third-order valence-corrected chi connectivity index (χ3v) is 4.29. The van der Waals surface area contributed by atoms with E-state index in [1.54, 1.807) is 26.1 Å². The molecule has 7 heteroatoms. The quantitative estimate of drug-likeness (QED) is 0.882. The molecule has 6 nitrogen and oxygen atoms in total. The molecule has 124 valence electrons. The van der Waals surface area contributed by atoms with Crippen LogP contribution < -0.4 is 10.6 Å². The molecule has 1 aromatic heterocycles. The normalized spacial score (nSPS) is 12.0. The highest BCUT2D eigenvalue weighted by Gasteiger charge is 2.13. The Bertz CT molecular complexity index is 712. The zero-order valence-electron chi connectivity index (χ0n) is 13.7. The van der Waals surface area contributed by atoms with E-state index in [0.717, 1.165) is 10.1 Å². The number of anilines is 1. The molecule has 0 radical (unpaired) electrons. The number of urea groups is 1. The maximum absolute atomic E-state index is 12.0. The van der Waals surface area contributed by atoms with E-state index >= 15 is 0 Å². The molecule has 23 heavy (non-hydrogen) atoms. The maximum Gasteiger partial charge on any atom is 0.319 e. The molecule has 2 N–H and O–H groups in total. The lowest BCUT2D eigenvalue weighted by molar-refractivity contribution is 0.0832. The van der Waals surface area contributed by atoms with Gasteiger partial charge in [0.25, 0.3) is 5.91 Å². The number of carbonyl (C=O) groups excluding carboxylic acids is 2. The van der Waals surface area contributed by atoms with E-state index in [1.807, 2.05) is 31.2 Å². The zero-order valence-corrected chi connectivity index (χ0v) is 14.5. The number of benzene rings is 1. The maximum atomic E-state index is 12.0. The second-order valence-electron chi connectivity index (χ2n) is 5.52. The van der Waals surface area contributed by atoms with Crippen molar-refractivity contribution in [3.63, 3.8) is 0 Å². The number of fused-ring (bicyclic) bond motifs is 1. The molecule has 1 aromatic carbocycles. The van der Waals surface area contributed by atoms with Gasteiger partial charge in [-0.15, -0.1) is 11.3 Å². The van der Waals surface area contributed by atoms with Crippen LogP contribution in [0.15, 0.2) is 24.3 Å². The summed E-state index contributed by atoms with van der Waals surface area (Å²) in [7, 11) is 5.05. The minimum absolute atomic E-state index is 0.0214. The summed E-state index contributed by atoms with van der Waals surface area (Å²) in [6.45, 7) is 2.32. The van der Waals surface area contributed by atoms with Crippen molar-refractivity contribution in [2.45, 2.75) is 13.0 Å². The van der Waals surface area contributed by atoms with E-state index in [1.165, 1.54) is 11.3 Å². The Morgan fingerprint density at radius 1 is 1.30 bits per heavy atom. The molecule has 0 unspecified atom stereocenters. The van der Waals surface area contributed by atoms with Gasteiger partial charge in [-0.3, -0.25) is 4.79 Å². The standard InChI is InChI=1S/C16H21N3O3S/c1-10(9-22-4)17-16(21)18-12-5-6-13-11(7-12)8-14(23-13)15(20)19(2)3/h5-8,10H,9H2,1-4H3,(H2,17,18,21)/t10-/m0/s1. The van der Waals surface area contributed by atoms with Crippen LogP contribution in [0.5, 0.6) is 0 Å². The highest BCUT2D eigenvalue weighted by atomic mass is 32.1. The Balaban J connectivity index is 2.11. The SMILES string of the molecule is COC[C@H](C)NC(=O)Nc1ccc2sc(C(=O)N(C)C)cc2c1. The largest absolute Gasteiger partial charge is 0.383 e. The molecule has 2 aromatic rings. The Labute approximate surface area is 139 Å². The molecule has 3 amide bonds. The average Bonchev–Trinajstić information content (AvgIpc) is 2.89. The molecule has 0 bridgehead atoms. The van der Waals surface area contributed by atoms with Crippen molar-refractivity contribution in [3.05, 3.63) is 29.1 Å². The van der Waals surface area contributed by atoms with E-state index < -0.39 is 0 Å². The predicted octanol–water partition coefficient (Wildman–Crippen LogP) is 2.76. The van der Waals surface area contributed by atoms with Crippen molar-refractivity contribution < 1.29 is 14.3 Å². The first-order valence-corrected chi connectivity index (χ1v) is 8.04. The van der Waals surface area contributed by atoms with Gasteiger partial charge >= 0.3 is 6.03 Å². The van der Waals surface area contributed by atoms with Crippen LogP contribution >= 0.6 is 11.3 Å². The molecule has 1 atom stereocenters. The molecule has 0 saturated carbocycles. The number of rotatable bonds is 5. The number of hydrogen-bond donors (Lipinski definition) is 2. The molecule has 0 aliphatic carbocycles. The van der Waals surface area contributed by atoms with Crippen LogP contribution in [0.1, 0.15) is 16.6 Å². The van der Waals surface area contributed by atoms with E-state index in [0.29, 0.717) is 17.2 Å². The second-order valence-corrected chi connectivity index (χ2v) is 6.60. The Hall–Kier alpha value is -2.12. The summed E-state index contributed by atoms with van der Waals surface area (Å²) in [6, 6.07) is 7.07. The van der Waals surface area contributed by atoms with Crippen LogP contribution in [0.2, 0.25) is 0 Å². The number of thiophene rings is 1. The first-order chi connectivity index (χ1) is 10.9. The summed E-state index contributed by atoms with van der Waals surface area (Å²) < 4.78 is 5.99. The smallest absolute Gasteiger partial charge is 0.319 e. The number of carbonyl (C=O) groups is 2. The lowest BCUT2D eigenvalue weighted by Gasteiger charge is -2.13. The van der Waals surface area contributed by atoms with E-state index in [2.05, 4.69) is 10.6 Å². The number of ether oxygens (including phenoxy) is 1. The van der Waals surface area contributed by atoms with Crippen LogP contribution in [0.25, 0.3) is 10.1 Å². The first-order valence-electron chi connectivity index (χ1n) is 7.22. The summed E-state index contributed by atoms with van der Waals surface area (Å²) in [4.78, 5) is 26.1. The Morgan fingerprint density at radius 2 is 2.04 bits per heavy atom. The van der Waals surface area contributed by atoms with Gasteiger partial charge in [0, 0.05) is 31.6 Å². The van der Waals surface area contributed by atoms with Crippen LogP contribution in [0.3, 0.4) is 0 Å². The molecule has 0 fully saturated rings. The highest BCUT2D eigenvalue weighted by molar-refractivity contribution is 7.20. The molecular formula is C16H21N3O3S. The molecule has 0 aliphatic rings. The fourth-order valence-electron chi connectivity index (χ4n) is 2.13. The van der Waals surface area contributed by atoms with Crippen molar-refractivity contribution in [2.24, 2.45) is 0 Å². The summed E-state index contributed by atoms with van der Waals surface area (Å²) in [5.41, 5.74) is 0.682. The molecule has 2 rings (SSSR count). The minimum Gasteiger partial charge on any atom is -0.383 e. The summed E-state index contributed by atoms with van der Waals surface area (Å²) in [5, 5.41) is 6.50. The van der Waals surface area contributed by atoms with E-state index in [4.69, 9.17) is 4.74 Å². The third-order valence-electron chi connectivity index (χ3n) is 3.19. The fourth-order valence-corrected chi connectivity index (χ4v) is 3.19. The molecule has 1 heterocycles. The monoisotopic (exact) mass is 335 g/mol. The van der Waals surface area contributed by atoms with Crippen molar-refractivity contribution in [3.8, 4) is 0 Å². The van der Waals surface area contributed by atoms with Gasteiger partial charge in [-0.05, 0) is 36.6 Å². The van der Waals surface area contributed by atoms with Crippen LogP contribution in [-0.2, 0) is 4.74 Å². The molecular weight excluding hydrogens is 314 g/mol. The summed E-state index contributed by atoms with van der Waals surface area (Å²) in [6.07, 6.45) is 0. The second kappa shape index (κ2) is 7.43. The number of nitrogens with one attached hydrogen (secondary N) is 2. The van der Waals surface area contributed by atoms with Gasteiger partial charge in [0.1, 0.15) is 0 Å².